The van der Waals surface area contributed by atoms with E-state index in [-0.39, 0.29) is 43.7 Å². The summed E-state index contributed by atoms with van der Waals surface area (Å²) in [5, 5.41) is 3.44. The van der Waals surface area contributed by atoms with Gasteiger partial charge in [0.25, 0.3) is 5.91 Å². The molecule has 1 N–H and O–H groups in total. The van der Waals surface area contributed by atoms with Crippen LogP contribution in [0.25, 0.3) is 5.65 Å². The molecule has 1 saturated heterocycles. The smallest absolute Gasteiger partial charge is 0.251 e. The minimum Gasteiger partial charge on any atom is -0.346 e. The zero-order chi connectivity index (χ0) is 19.7. The van der Waals surface area contributed by atoms with Crippen molar-refractivity contribution in [3.05, 3.63) is 70.6 Å². The second-order valence-corrected chi connectivity index (χ2v) is 7.03. The van der Waals surface area contributed by atoms with Crippen molar-refractivity contribution in [1.29, 1.82) is 0 Å². The predicted octanol–water partition coefficient (Wildman–Crippen LogP) is 2.57. The first-order chi connectivity index (χ1) is 13.5. The fraction of sp³-hybridized carbons (Fsp3) is 0.200. The summed E-state index contributed by atoms with van der Waals surface area (Å²) >= 11 is 5.96. The highest BCUT2D eigenvalue weighted by Gasteiger charge is 2.28. The SMILES string of the molecule is O=C(NCc1cn2cc(Cl)ccc2n1)c1ccc(CN2C(=O)CCC2=O)cc1. The molecule has 3 amide bonds. The van der Waals surface area contributed by atoms with Crippen LogP contribution in [0.3, 0.4) is 0 Å². The minimum atomic E-state index is -0.227. The maximum atomic E-state index is 12.4. The van der Waals surface area contributed by atoms with E-state index in [1.807, 2.05) is 12.3 Å². The van der Waals surface area contributed by atoms with E-state index in [1.54, 1.807) is 40.9 Å². The van der Waals surface area contributed by atoms with Gasteiger partial charge in [-0.3, -0.25) is 19.3 Å². The molecule has 142 valence electrons. The maximum absolute atomic E-state index is 12.4. The highest BCUT2D eigenvalue weighted by molar-refractivity contribution is 6.30. The van der Waals surface area contributed by atoms with E-state index in [9.17, 15) is 14.4 Å². The van der Waals surface area contributed by atoms with Gasteiger partial charge in [0.05, 0.1) is 23.8 Å². The molecule has 0 radical (unpaired) electrons. The number of halogens is 1. The summed E-state index contributed by atoms with van der Waals surface area (Å²) in [5.41, 5.74) is 2.77. The molecule has 0 aliphatic carbocycles. The van der Waals surface area contributed by atoms with Crippen LogP contribution in [-0.4, -0.2) is 32.0 Å². The molecule has 0 bridgehead atoms. The third-order valence-corrected chi connectivity index (χ3v) is 4.83. The Morgan fingerprint density at radius 2 is 1.75 bits per heavy atom. The van der Waals surface area contributed by atoms with Gasteiger partial charge in [-0.05, 0) is 29.8 Å². The fourth-order valence-electron chi connectivity index (χ4n) is 3.12. The molecule has 1 aliphatic rings. The number of aromatic nitrogens is 2. The van der Waals surface area contributed by atoms with Crippen molar-refractivity contribution in [2.75, 3.05) is 0 Å². The van der Waals surface area contributed by atoms with Crippen LogP contribution in [0.15, 0.2) is 48.8 Å². The molecule has 1 aliphatic heterocycles. The maximum Gasteiger partial charge on any atom is 0.251 e. The Bertz CT molecular complexity index is 1060. The molecule has 7 nitrogen and oxygen atoms in total. The van der Waals surface area contributed by atoms with Crippen LogP contribution in [0.2, 0.25) is 5.02 Å². The number of hydrogen-bond acceptors (Lipinski definition) is 4. The minimum absolute atomic E-state index is 0.152. The number of rotatable bonds is 5. The van der Waals surface area contributed by atoms with Gasteiger partial charge in [0, 0.05) is 30.8 Å². The van der Waals surface area contributed by atoms with Crippen molar-refractivity contribution >= 4 is 35.0 Å². The molecule has 8 heteroatoms. The summed E-state index contributed by atoms with van der Waals surface area (Å²) in [6.45, 7) is 0.528. The van der Waals surface area contributed by atoms with Gasteiger partial charge in [-0.15, -0.1) is 0 Å². The summed E-state index contributed by atoms with van der Waals surface area (Å²) in [5.74, 6) is -0.531. The third kappa shape index (κ3) is 3.75. The average Bonchev–Trinajstić information content (AvgIpc) is 3.24. The summed E-state index contributed by atoms with van der Waals surface area (Å²) < 4.78 is 1.81. The Morgan fingerprint density at radius 1 is 1.04 bits per heavy atom. The van der Waals surface area contributed by atoms with Crippen molar-refractivity contribution in [3.8, 4) is 0 Å². The lowest BCUT2D eigenvalue weighted by Crippen LogP contribution is -2.28. The zero-order valence-electron chi connectivity index (χ0n) is 14.9. The number of pyridine rings is 1. The second-order valence-electron chi connectivity index (χ2n) is 6.60. The molecule has 28 heavy (non-hydrogen) atoms. The van der Waals surface area contributed by atoms with Crippen LogP contribution in [0.1, 0.15) is 34.5 Å². The van der Waals surface area contributed by atoms with Crippen LogP contribution >= 0.6 is 11.6 Å². The van der Waals surface area contributed by atoms with Gasteiger partial charge in [-0.25, -0.2) is 4.98 Å². The number of amides is 3. The van der Waals surface area contributed by atoms with Crippen LogP contribution in [0.4, 0.5) is 0 Å². The predicted molar refractivity (Wildman–Crippen MR) is 103 cm³/mol. The number of carbonyl (C=O) groups excluding carboxylic acids is 3. The van der Waals surface area contributed by atoms with Gasteiger partial charge >= 0.3 is 0 Å². The second kappa shape index (κ2) is 7.44. The topological polar surface area (TPSA) is 83.8 Å². The van der Waals surface area contributed by atoms with E-state index in [1.165, 1.54) is 4.90 Å². The van der Waals surface area contributed by atoms with Crippen LogP contribution in [0.5, 0.6) is 0 Å². The number of imide groups is 1. The van der Waals surface area contributed by atoms with E-state index in [2.05, 4.69) is 10.3 Å². The van der Waals surface area contributed by atoms with Gasteiger partial charge in [-0.1, -0.05) is 23.7 Å². The Kier molecular flexibility index (Phi) is 4.83. The Hall–Kier alpha value is -3.19. The Labute approximate surface area is 165 Å². The third-order valence-electron chi connectivity index (χ3n) is 4.61. The normalized spacial score (nSPS) is 14.1. The highest BCUT2D eigenvalue weighted by atomic mass is 35.5. The number of fused-ring (bicyclic) bond motifs is 1. The number of hydrogen-bond donors (Lipinski definition) is 1. The van der Waals surface area contributed by atoms with Gasteiger partial charge in [0.15, 0.2) is 0 Å². The quantitative estimate of drug-likeness (QED) is 0.672. The molecule has 0 spiro atoms. The number of nitrogens with zero attached hydrogens (tertiary/aromatic N) is 3. The van der Waals surface area contributed by atoms with Crippen LogP contribution in [-0.2, 0) is 22.7 Å². The monoisotopic (exact) mass is 396 g/mol. The van der Waals surface area contributed by atoms with Crippen molar-refractivity contribution in [3.63, 3.8) is 0 Å². The first kappa shape index (κ1) is 18.2. The molecular formula is C20H17ClN4O3. The van der Waals surface area contributed by atoms with Crippen LogP contribution < -0.4 is 5.32 Å². The van der Waals surface area contributed by atoms with Gasteiger partial charge < -0.3 is 9.72 Å². The first-order valence-corrected chi connectivity index (χ1v) is 9.21. The number of likely N-dealkylation sites (tertiary alicyclic amines) is 1. The lowest BCUT2D eigenvalue weighted by atomic mass is 10.1. The van der Waals surface area contributed by atoms with E-state index < -0.39 is 0 Å². The van der Waals surface area contributed by atoms with E-state index >= 15 is 0 Å². The van der Waals surface area contributed by atoms with Crippen molar-refractivity contribution in [2.45, 2.75) is 25.9 Å². The van der Waals surface area contributed by atoms with Gasteiger partial charge in [0.1, 0.15) is 5.65 Å². The Morgan fingerprint density at radius 3 is 2.46 bits per heavy atom. The molecule has 0 unspecified atom stereocenters. The summed E-state index contributed by atoms with van der Waals surface area (Å²) in [6.07, 6.45) is 4.11. The summed E-state index contributed by atoms with van der Waals surface area (Å²) in [6, 6.07) is 10.4. The fourth-order valence-corrected chi connectivity index (χ4v) is 3.29. The molecule has 1 fully saturated rings. The van der Waals surface area contributed by atoms with Gasteiger partial charge in [-0.2, -0.15) is 0 Å². The molecule has 0 atom stereocenters. The molecular weight excluding hydrogens is 380 g/mol. The highest BCUT2D eigenvalue weighted by Crippen LogP contribution is 2.16. The van der Waals surface area contributed by atoms with E-state index in [0.717, 1.165) is 16.9 Å². The van der Waals surface area contributed by atoms with Crippen molar-refractivity contribution in [2.24, 2.45) is 0 Å². The van der Waals surface area contributed by atoms with E-state index in [4.69, 9.17) is 11.6 Å². The molecule has 1 aromatic carbocycles. The molecule has 2 aromatic heterocycles. The lowest BCUT2D eigenvalue weighted by molar-refractivity contribution is -0.139. The van der Waals surface area contributed by atoms with Gasteiger partial charge in [0.2, 0.25) is 11.8 Å². The lowest BCUT2D eigenvalue weighted by Gasteiger charge is -2.13. The van der Waals surface area contributed by atoms with Crippen LogP contribution in [0, 0.1) is 0 Å². The molecule has 3 aromatic rings. The number of benzene rings is 1. The Balaban J connectivity index is 1.37. The largest absolute Gasteiger partial charge is 0.346 e. The first-order valence-electron chi connectivity index (χ1n) is 8.83. The van der Waals surface area contributed by atoms with Crippen molar-refractivity contribution < 1.29 is 14.4 Å². The molecule has 0 saturated carbocycles. The summed E-state index contributed by atoms with van der Waals surface area (Å²) in [4.78, 5) is 41.4. The van der Waals surface area contributed by atoms with Crippen molar-refractivity contribution in [1.82, 2.24) is 19.6 Å². The average molecular weight is 397 g/mol. The number of nitrogens with one attached hydrogen (secondary N) is 1. The molecule has 3 heterocycles. The standard InChI is InChI=1S/C20H17ClN4O3/c21-15-5-6-17-23-16(12-24(17)11-15)9-22-20(28)14-3-1-13(2-4-14)10-25-18(26)7-8-19(25)27/h1-6,11-12H,7-10H2,(H,22,28). The number of carbonyl (C=O) groups is 3. The molecule has 4 rings (SSSR count). The zero-order valence-corrected chi connectivity index (χ0v) is 15.6. The number of imidazole rings is 1. The van der Waals surface area contributed by atoms with E-state index in [0.29, 0.717) is 10.6 Å². The summed E-state index contributed by atoms with van der Waals surface area (Å²) in [7, 11) is 0.